The number of nitrogens with zero attached hydrogens (tertiary/aromatic N) is 1. The Hall–Kier alpha value is -1.15. The molecule has 0 radical (unpaired) electrons. The molecule has 2 nitrogen and oxygen atoms in total. The number of Topliss-reactive ketones (excluding diaryl/α,β-unsaturated/α-hetero) is 1. The molecule has 0 N–H and O–H groups in total. The van der Waals surface area contributed by atoms with Gasteiger partial charge in [0, 0.05) is 12.1 Å². The molecule has 0 saturated heterocycles. The monoisotopic (exact) mass is 273 g/mol. The quantitative estimate of drug-likeness (QED) is 0.702. The van der Waals surface area contributed by atoms with Crippen LogP contribution in [0.25, 0.3) is 0 Å². The maximum absolute atomic E-state index is 12.6. The van der Waals surface area contributed by atoms with Crippen molar-refractivity contribution < 1.29 is 4.79 Å². The minimum absolute atomic E-state index is 0.286. The molecular formula is C18H27NO. The molecule has 1 fully saturated rings. The van der Waals surface area contributed by atoms with E-state index in [9.17, 15) is 4.79 Å². The van der Waals surface area contributed by atoms with Gasteiger partial charge >= 0.3 is 0 Å². The van der Waals surface area contributed by atoms with Gasteiger partial charge in [-0.2, -0.15) is 0 Å². The van der Waals surface area contributed by atoms with Crippen LogP contribution in [0.3, 0.4) is 0 Å². The molecule has 2 heteroatoms. The first-order chi connectivity index (χ1) is 9.51. The topological polar surface area (TPSA) is 20.3 Å². The van der Waals surface area contributed by atoms with Crippen molar-refractivity contribution in [2.24, 2.45) is 5.92 Å². The molecule has 0 spiro atoms. The fourth-order valence-electron chi connectivity index (χ4n) is 3.12. The van der Waals surface area contributed by atoms with Crippen molar-refractivity contribution in [1.82, 2.24) is 4.90 Å². The zero-order chi connectivity index (χ0) is 14.7. The molecule has 1 aliphatic carbocycles. The standard InChI is InChI=1S/C18H27NO/c1-5-8-19(11-16-6-7-16)12-17(20)18-14(3)9-13(2)10-15(18)4/h9-10,16H,5-8,11-12H2,1-4H3. The number of hydrogen-bond acceptors (Lipinski definition) is 2. The fourth-order valence-corrected chi connectivity index (χ4v) is 3.12. The van der Waals surface area contributed by atoms with E-state index >= 15 is 0 Å². The minimum atomic E-state index is 0.286. The summed E-state index contributed by atoms with van der Waals surface area (Å²) in [6, 6.07) is 4.23. The molecule has 2 rings (SSSR count). The summed E-state index contributed by atoms with van der Waals surface area (Å²) >= 11 is 0. The van der Waals surface area contributed by atoms with Crippen molar-refractivity contribution in [3.05, 3.63) is 34.4 Å². The summed E-state index contributed by atoms with van der Waals surface area (Å²) in [5.41, 5.74) is 4.41. The Bertz CT molecular complexity index is 465. The lowest BCUT2D eigenvalue weighted by Crippen LogP contribution is -2.33. The van der Waals surface area contributed by atoms with Crippen molar-refractivity contribution in [1.29, 1.82) is 0 Å². The molecule has 0 bridgehead atoms. The highest BCUT2D eigenvalue weighted by molar-refractivity contribution is 6.00. The molecule has 1 aromatic rings. The Morgan fingerprint density at radius 3 is 2.30 bits per heavy atom. The molecule has 20 heavy (non-hydrogen) atoms. The third-order valence-corrected chi connectivity index (χ3v) is 4.08. The van der Waals surface area contributed by atoms with Gasteiger partial charge in [-0.3, -0.25) is 9.69 Å². The van der Waals surface area contributed by atoms with Gasteiger partial charge < -0.3 is 0 Å². The van der Waals surface area contributed by atoms with Crippen molar-refractivity contribution >= 4 is 5.78 Å². The first kappa shape index (κ1) is 15.2. The number of aryl methyl sites for hydroxylation is 3. The van der Waals surface area contributed by atoms with E-state index in [-0.39, 0.29) is 5.78 Å². The first-order valence-corrected chi connectivity index (χ1v) is 7.84. The van der Waals surface area contributed by atoms with E-state index in [0.717, 1.165) is 42.1 Å². The summed E-state index contributed by atoms with van der Waals surface area (Å²) in [6.45, 7) is 11.1. The van der Waals surface area contributed by atoms with E-state index in [1.54, 1.807) is 0 Å². The van der Waals surface area contributed by atoms with Gasteiger partial charge in [-0.15, -0.1) is 0 Å². The lowest BCUT2D eigenvalue weighted by molar-refractivity contribution is 0.0926. The molecule has 1 aliphatic rings. The van der Waals surface area contributed by atoms with Crippen LogP contribution in [-0.4, -0.2) is 30.3 Å². The normalized spacial score (nSPS) is 14.8. The lowest BCUT2D eigenvalue weighted by atomic mass is 9.96. The molecule has 0 atom stereocenters. The summed E-state index contributed by atoms with van der Waals surface area (Å²) in [5.74, 6) is 1.13. The molecule has 0 aromatic heterocycles. The van der Waals surface area contributed by atoms with E-state index in [2.05, 4.69) is 44.7 Å². The van der Waals surface area contributed by atoms with Gasteiger partial charge in [0.25, 0.3) is 0 Å². The smallest absolute Gasteiger partial charge is 0.177 e. The van der Waals surface area contributed by atoms with Crippen molar-refractivity contribution in [2.45, 2.75) is 47.0 Å². The van der Waals surface area contributed by atoms with Crippen LogP contribution in [0.1, 0.15) is 53.2 Å². The number of hydrogen-bond donors (Lipinski definition) is 0. The van der Waals surface area contributed by atoms with E-state index in [1.165, 1.54) is 18.4 Å². The van der Waals surface area contributed by atoms with Gasteiger partial charge in [0.05, 0.1) is 6.54 Å². The highest BCUT2D eigenvalue weighted by Gasteiger charge is 2.25. The summed E-state index contributed by atoms with van der Waals surface area (Å²) in [6.07, 6.45) is 3.81. The lowest BCUT2D eigenvalue weighted by Gasteiger charge is -2.21. The number of ketones is 1. The predicted octanol–water partition coefficient (Wildman–Crippen LogP) is 3.92. The van der Waals surface area contributed by atoms with E-state index in [1.807, 2.05) is 0 Å². The second-order valence-corrected chi connectivity index (χ2v) is 6.38. The van der Waals surface area contributed by atoms with Crippen molar-refractivity contribution in [3.63, 3.8) is 0 Å². The average Bonchev–Trinajstić information content (AvgIpc) is 3.11. The largest absolute Gasteiger partial charge is 0.296 e. The SMILES string of the molecule is CCCN(CC(=O)c1c(C)cc(C)cc1C)CC1CC1. The van der Waals surface area contributed by atoms with Gasteiger partial charge in [0.15, 0.2) is 5.78 Å². The van der Waals surface area contributed by atoms with E-state index < -0.39 is 0 Å². The van der Waals surface area contributed by atoms with Gasteiger partial charge in [-0.25, -0.2) is 0 Å². The molecule has 110 valence electrons. The van der Waals surface area contributed by atoms with Crippen LogP contribution in [-0.2, 0) is 0 Å². The molecular weight excluding hydrogens is 246 g/mol. The van der Waals surface area contributed by atoms with Gasteiger partial charge in [0.1, 0.15) is 0 Å². The zero-order valence-corrected chi connectivity index (χ0v) is 13.3. The Morgan fingerprint density at radius 2 is 1.80 bits per heavy atom. The van der Waals surface area contributed by atoms with Crippen molar-refractivity contribution in [3.8, 4) is 0 Å². The van der Waals surface area contributed by atoms with Gasteiger partial charge in [0.2, 0.25) is 0 Å². The van der Waals surface area contributed by atoms with Crippen LogP contribution in [0, 0.1) is 26.7 Å². The van der Waals surface area contributed by atoms with Crippen LogP contribution < -0.4 is 0 Å². The Kier molecular flexibility index (Phi) is 4.98. The molecule has 0 heterocycles. The van der Waals surface area contributed by atoms with Crippen LogP contribution in [0.4, 0.5) is 0 Å². The Labute approximate surface area is 123 Å². The second-order valence-electron chi connectivity index (χ2n) is 6.38. The number of carbonyl (C=O) groups excluding carboxylic acids is 1. The molecule has 0 unspecified atom stereocenters. The zero-order valence-electron chi connectivity index (χ0n) is 13.3. The number of rotatable bonds is 7. The van der Waals surface area contributed by atoms with Gasteiger partial charge in [-0.05, 0) is 63.6 Å². The van der Waals surface area contributed by atoms with E-state index in [0.29, 0.717) is 6.54 Å². The van der Waals surface area contributed by atoms with Gasteiger partial charge in [-0.1, -0.05) is 24.6 Å². The molecule has 0 aliphatic heterocycles. The highest BCUT2D eigenvalue weighted by Crippen LogP contribution is 2.30. The maximum Gasteiger partial charge on any atom is 0.177 e. The number of benzene rings is 1. The average molecular weight is 273 g/mol. The summed E-state index contributed by atoms with van der Waals surface area (Å²) in [5, 5.41) is 0. The minimum Gasteiger partial charge on any atom is -0.296 e. The van der Waals surface area contributed by atoms with Crippen LogP contribution in [0.5, 0.6) is 0 Å². The third-order valence-electron chi connectivity index (χ3n) is 4.08. The Morgan fingerprint density at radius 1 is 1.20 bits per heavy atom. The third kappa shape index (κ3) is 3.92. The van der Waals surface area contributed by atoms with Crippen molar-refractivity contribution in [2.75, 3.05) is 19.6 Å². The fraction of sp³-hybridized carbons (Fsp3) is 0.611. The Balaban J connectivity index is 2.09. The molecule has 1 saturated carbocycles. The molecule has 0 amide bonds. The maximum atomic E-state index is 12.6. The number of carbonyl (C=O) groups is 1. The highest BCUT2D eigenvalue weighted by atomic mass is 16.1. The van der Waals surface area contributed by atoms with Crippen LogP contribution >= 0.6 is 0 Å². The van der Waals surface area contributed by atoms with Crippen LogP contribution in [0.15, 0.2) is 12.1 Å². The van der Waals surface area contributed by atoms with Crippen LogP contribution in [0.2, 0.25) is 0 Å². The summed E-state index contributed by atoms with van der Waals surface area (Å²) in [7, 11) is 0. The van der Waals surface area contributed by atoms with E-state index in [4.69, 9.17) is 0 Å². The summed E-state index contributed by atoms with van der Waals surface area (Å²) < 4.78 is 0. The predicted molar refractivity (Wildman–Crippen MR) is 84.4 cm³/mol. The summed E-state index contributed by atoms with van der Waals surface area (Å²) in [4.78, 5) is 15.0. The second kappa shape index (κ2) is 6.53. The molecule has 1 aromatic carbocycles. The first-order valence-electron chi connectivity index (χ1n) is 7.84.